The fraction of sp³-hybridized carbons (Fsp3) is 0.429. The fourth-order valence-electron chi connectivity index (χ4n) is 3.67. The molecular weight excluding hydrogens is 282 g/mol. The predicted octanol–water partition coefficient (Wildman–Crippen LogP) is 5.39. The molecule has 3 rings (SSSR count). The molecule has 0 radical (unpaired) electrons. The maximum absolute atomic E-state index is 5.37. The van der Waals surface area contributed by atoms with Gasteiger partial charge in [-0.25, -0.2) is 0 Å². The molecule has 0 saturated heterocycles. The molecule has 2 aromatic rings. The summed E-state index contributed by atoms with van der Waals surface area (Å²) < 4.78 is 5.37. The number of para-hydroxylation sites is 1. The van der Waals surface area contributed by atoms with Gasteiger partial charge in [-0.3, -0.25) is 0 Å². The van der Waals surface area contributed by atoms with Crippen molar-refractivity contribution in [2.75, 3.05) is 19.0 Å². The number of rotatable bonds is 5. The molecule has 1 N–H and O–H groups in total. The molecule has 0 aromatic heterocycles. The lowest BCUT2D eigenvalue weighted by Crippen LogP contribution is -2.20. The highest BCUT2D eigenvalue weighted by Crippen LogP contribution is 2.37. The van der Waals surface area contributed by atoms with Gasteiger partial charge in [-0.2, -0.15) is 0 Å². The highest BCUT2D eigenvalue weighted by atomic mass is 16.5. The minimum Gasteiger partial charge on any atom is -0.496 e. The summed E-state index contributed by atoms with van der Waals surface area (Å²) in [7, 11) is 1.74. The van der Waals surface area contributed by atoms with E-state index in [9.17, 15) is 0 Å². The molecule has 23 heavy (non-hydrogen) atoms. The van der Waals surface area contributed by atoms with Gasteiger partial charge in [0.15, 0.2) is 0 Å². The molecule has 0 unspecified atom stereocenters. The SMILES string of the molecule is COc1ccc(C2CCC(CNc3ccccc3)CC2)cc1C. The van der Waals surface area contributed by atoms with Crippen LogP contribution in [0.5, 0.6) is 5.75 Å². The molecule has 122 valence electrons. The highest BCUT2D eigenvalue weighted by Gasteiger charge is 2.22. The zero-order chi connectivity index (χ0) is 16.1. The van der Waals surface area contributed by atoms with Crippen molar-refractivity contribution in [3.05, 3.63) is 59.7 Å². The Bertz CT molecular complexity index is 615. The number of methoxy groups -OCH3 is 1. The Morgan fingerprint density at radius 3 is 2.39 bits per heavy atom. The number of anilines is 1. The third-order valence-corrected chi connectivity index (χ3v) is 5.11. The first kappa shape index (κ1) is 15.9. The molecule has 1 saturated carbocycles. The van der Waals surface area contributed by atoms with Crippen LogP contribution in [0.3, 0.4) is 0 Å². The number of aryl methyl sites for hydroxylation is 1. The molecule has 1 fully saturated rings. The van der Waals surface area contributed by atoms with Gasteiger partial charge in [0, 0.05) is 12.2 Å². The van der Waals surface area contributed by atoms with Crippen LogP contribution in [0.25, 0.3) is 0 Å². The van der Waals surface area contributed by atoms with Gasteiger partial charge >= 0.3 is 0 Å². The molecule has 2 heteroatoms. The Hall–Kier alpha value is -1.96. The summed E-state index contributed by atoms with van der Waals surface area (Å²) in [6.45, 7) is 3.23. The van der Waals surface area contributed by atoms with Crippen LogP contribution >= 0.6 is 0 Å². The number of hydrogen-bond donors (Lipinski definition) is 1. The largest absolute Gasteiger partial charge is 0.496 e. The fourth-order valence-corrected chi connectivity index (χ4v) is 3.67. The maximum atomic E-state index is 5.37. The van der Waals surface area contributed by atoms with Crippen LogP contribution in [-0.2, 0) is 0 Å². The van der Waals surface area contributed by atoms with E-state index >= 15 is 0 Å². The van der Waals surface area contributed by atoms with Crippen molar-refractivity contribution in [2.45, 2.75) is 38.5 Å². The molecule has 0 heterocycles. The quantitative estimate of drug-likeness (QED) is 0.799. The zero-order valence-corrected chi connectivity index (χ0v) is 14.2. The van der Waals surface area contributed by atoms with Crippen molar-refractivity contribution >= 4 is 5.69 Å². The van der Waals surface area contributed by atoms with Gasteiger partial charge in [-0.1, -0.05) is 30.3 Å². The molecule has 2 nitrogen and oxygen atoms in total. The topological polar surface area (TPSA) is 21.3 Å². The van der Waals surface area contributed by atoms with E-state index in [-0.39, 0.29) is 0 Å². The van der Waals surface area contributed by atoms with Crippen LogP contribution in [0.4, 0.5) is 5.69 Å². The van der Waals surface area contributed by atoms with E-state index in [1.165, 1.54) is 42.5 Å². The van der Waals surface area contributed by atoms with E-state index in [0.717, 1.165) is 18.2 Å². The molecule has 0 spiro atoms. The first-order chi connectivity index (χ1) is 11.3. The summed E-state index contributed by atoms with van der Waals surface area (Å²) in [5, 5.41) is 3.58. The Morgan fingerprint density at radius 1 is 1.00 bits per heavy atom. The van der Waals surface area contributed by atoms with Crippen LogP contribution in [0.2, 0.25) is 0 Å². The molecular formula is C21H27NO. The number of ether oxygens (including phenoxy) is 1. The minimum atomic E-state index is 0.715. The monoisotopic (exact) mass is 309 g/mol. The van der Waals surface area contributed by atoms with Crippen LogP contribution in [0.15, 0.2) is 48.5 Å². The summed E-state index contributed by atoms with van der Waals surface area (Å²) >= 11 is 0. The molecule has 0 bridgehead atoms. The van der Waals surface area contributed by atoms with Crippen LogP contribution in [0.1, 0.15) is 42.7 Å². The molecule has 1 aliphatic carbocycles. The lowest BCUT2D eigenvalue weighted by atomic mass is 9.78. The molecule has 1 aliphatic rings. The normalized spacial score (nSPS) is 21.0. The Labute approximate surface area is 139 Å². The summed E-state index contributed by atoms with van der Waals surface area (Å²) in [5.41, 5.74) is 3.97. The van der Waals surface area contributed by atoms with E-state index in [0.29, 0.717) is 5.92 Å². The summed E-state index contributed by atoms with van der Waals surface area (Å²) in [6.07, 6.45) is 5.23. The second-order valence-corrected chi connectivity index (χ2v) is 6.69. The van der Waals surface area contributed by atoms with Gasteiger partial charge in [-0.15, -0.1) is 0 Å². The third kappa shape index (κ3) is 4.07. The minimum absolute atomic E-state index is 0.715. The van der Waals surface area contributed by atoms with Gasteiger partial charge in [0.25, 0.3) is 0 Å². The van der Waals surface area contributed by atoms with E-state index < -0.39 is 0 Å². The summed E-state index contributed by atoms with van der Waals surface area (Å²) in [5.74, 6) is 2.51. The second-order valence-electron chi connectivity index (χ2n) is 6.69. The van der Waals surface area contributed by atoms with Crippen molar-refractivity contribution in [3.63, 3.8) is 0 Å². The molecule has 0 aliphatic heterocycles. The summed E-state index contributed by atoms with van der Waals surface area (Å²) in [4.78, 5) is 0. The van der Waals surface area contributed by atoms with Crippen molar-refractivity contribution in [1.82, 2.24) is 0 Å². The zero-order valence-electron chi connectivity index (χ0n) is 14.2. The predicted molar refractivity (Wildman–Crippen MR) is 97.4 cm³/mol. The number of hydrogen-bond acceptors (Lipinski definition) is 2. The average Bonchev–Trinajstić information content (AvgIpc) is 2.61. The molecule has 0 amide bonds. The lowest BCUT2D eigenvalue weighted by molar-refractivity contribution is 0.338. The Kier molecular flexibility index (Phi) is 5.22. The summed E-state index contributed by atoms with van der Waals surface area (Å²) in [6, 6.07) is 17.2. The van der Waals surface area contributed by atoms with E-state index in [2.05, 4.69) is 60.8 Å². The second kappa shape index (κ2) is 7.54. The van der Waals surface area contributed by atoms with Crippen molar-refractivity contribution < 1.29 is 4.74 Å². The Balaban J connectivity index is 1.51. The van der Waals surface area contributed by atoms with Crippen LogP contribution in [0, 0.1) is 12.8 Å². The first-order valence-corrected chi connectivity index (χ1v) is 8.69. The third-order valence-electron chi connectivity index (χ3n) is 5.11. The van der Waals surface area contributed by atoms with E-state index in [4.69, 9.17) is 4.74 Å². The van der Waals surface area contributed by atoms with Gasteiger partial charge < -0.3 is 10.1 Å². The van der Waals surface area contributed by atoms with Gasteiger partial charge in [0.1, 0.15) is 5.75 Å². The number of benzene rings is 2. The number of nitrogens with one attached hydrogen (secondary N) is 1. The lowest BCUT2D eigenvalue weighted by Gasteiger charge is -2.29. The van der Waals surface area contributed by atoms with Gasteiger partial charge in [0.05, 0.1) is 7.11 Å². The highest BCUT2D eigenvalue weighted by molar-refractivity contribution is 5.42. The van der Waals surface area contributed by atoms with E-state index in [1.54, 1.807) is 7.11 Å². The average molecular weight is 309 g/mol. The van der Waals surface area contributed by atoms with Crippen molar-refractivity contribution in [1.29, 1.82) is 0 Å². The maximum Gasteiger partial charge on any atom is 0.121 e. The smallest absolute Gasteiger partial charge is 0.121 e. The molecule has 0 atom stereocenters. The standard InChI is InChI=1S/C21H27NO/c1-16-14-19(12-13-21(16)23-2)18-10-8-17(9-11-18)15-22-20-6-4-3-5-7-20/h3-7,12-14,17-18,22H,8-11,15H2,1-2H3. The van der Waals surface area contributed by atoms with Gasteiger partial charge in [-0.05, 0) is 73.8 Å². The van der Waals surface area contributed by atoms with E-state index in [1.807, 2.05) is 0 Å². The Morgan fingerprint density at radius 2 is 1.74 bits per heavy atom. The van der Waals surface area contributed by atoms with Gasteiger partial charge in [0.2, 0.25) is 0 Å². The van der Waals surface area contributed by atoms with Crippen molar-refractivity contribution in [2.24, 2.45) is 5.92 Å². The van der Waals surface area contributed by atoms with Crippen LogP contribution < -0.4 is 10.1 Å². The van der Waals surface area contributed by atoms with Crippen LogP contribution in [-0.4, -0.2) is 13.7 Å². The van der Waals surface area contributed by atoms with Crippen molar-refractivity contribution in [3.8, 4) is 5.75 Å². The first-order valence-electron chi connectivity index (χ1n) is 8.69. The molecule has 2 aromatic carbocycles.